The summed E-state index contributed by atoms with van der Waals surface area (Å²) in [6.45, 7) is 2.50. The van der Waals surface area contributed by atoms with Gasteiger partial charge in [0.25, 0.3) is 5.56 Å². The molecular weight excluding hydrogens is 438 g/mol. The van der Waals surface area contributed by atoms with E-state index in [1.165, 1.54) is 0 Å². The number of carbonyl (C=O) groups excluding carboxylic acids is 1. The quantitative estimate of drug-likeness (QED) is 0.385. The van der Waals surface area contributed by atoms with Crippen LogP contribution in [0, 0.1) is 6.92 Å². The van der Waals surface area contributed by atoms with Gasteiger partial charge in [0.05, 0.1) is 19.2 Å². The number of nitrogens with zero attached hydrogens (tertiary/aromatic N) is 1. The summed E-state index contributed by atoms with van der Waals surface area (Å²) in [6.07, 6.45) is 0. The molecule has 3 aromatic carbocycles. The molecule has 0 saturated heterocycles. The third kappa shape index (κ3) is 5.54. The van der Waals surface area contributed by atoms with Crippen molar-refractivity contribution in [3.8, 4) is 5.75 Å². The molecule has 0 bridgehead atoms. The van der Waals surface area contributed by atoms with E-state index in [0.29, 0.717) is 34.1 Å². The van der Waals surface area contributed by atoms with E-state index >= 15 is 0 Å². The molecule has 4 aromatic rings. The molecule has 0 aliphatic rings. The number of aromatic amines is 1. The van der Waals surface area contributed by atoms with Crippen LogP contribution in [0.4, 0.5) is 10.5 Å². The summed E-state index contributed by atoms with van der Waals surface area (Å²) in [4.78, 5) is 30.5. The molecule has 0 atom stereocenters. The number of rotatable bonds is 6. The van der Waals surface area contributed by atoms with Gasteiger partial charge in [0.15, 0.2) is 0 Å². The lowest BCUT2D eigenvalue weighted by Gasteiger charge is -2.23. The van der Waals surface area contributed by atoms with Crippen molar-refractivity contribution >= 4 is 34.2 Å². The number of carbonyl (C=O) groups is 1. The van der Waals surface area contributed by atoms with Crippen LogP contribution in [-0.4, -0.2) is 23.0 Å². The largest absolute Gasteiger partial charge is 0.497 e. The number of halogens is 1. The van der Waals surface area contributed by atoms with E-state index in [1.807, 2.05) is 49.4 Å². The van der Waals surface area contributed by atoms with Gasteiger partial charge in [-0.15, -0.1) is 0 Å². The van der Waals surface area contributed by atoms with Gasteiger partial charge in [-0.05, 0) is 60.3 Å². The Morgan fingerprint density at radius 3 is 2.42 bits per heavy atom. The van der Waals surface area contributed by atoms with Crippen molar-refractivity contribution in [2.75, 3.05) is 12.4 Å². The van der Waals surface area contributed by atoms with Gasteiger partial charge in [-0.25, -0.2) is 4.79 Å². The van der Waals surface area contributed by atoms with Crippen molar-refractivity contribution in [3.05, 3.63) is 105 Å². The Morgan fingerprint density at radius 1 is 1.00 bits per heavy atom. The maximum Gasteiger partial charge on any atom is 0.322 e. The number of ether oxygens (including phenoxy) is 1. The highest BCUT2D eigenvalue weighted by molar-refractivity contribution is 6.30. The van der Waals surface area contributed by atoms with Crippen LogP contribution >= 0.6 is 11.6 Å². The minimum Gasteiger partial charge on any atom is -0.497 e. The van der Waals surface area contributed by atoms with Gasteiger partial charge in [-0.3, -0.25) is 4.79 Å². The van der Waals surface area contributed by atoms with Gasteiger partial charge in [0, 0.05) is 28.9 Å². The molecule has 0 spiro atoms. The van der Waals surface area contributed by atoms with Gasteiger partial charge in [-0.2, -0.15) is 0 Å². The number of amides is 2. The van der Waals surface area contributed by atoms with Crippen LogP contribution < -0.4 is 15.6 Å². The highest BCUT2D eigenvalue weighted by Crippen LogP contribution is 2.20. The summed E-state index contributed by atoms with van der Waals surface area (Å²) in [6, 6.07) is 21.9. The molecular formula is C26H24ClN3O3. The lowest BCUT2D eigenvalue weighted by molar-refractivity contribution is 0.206. The monoisotopic (exact) mass is 461 g/mol. The van der Waals surface area contributed by atoms with Crippen LogP contribution in [0.3, 0.4) is 0 Å². The van der Waals surface area contributed by atoms with E-state index in [0.717, 1.165) is 16.5 Å². The third-order valence-corrected chi connectivity index (χ3v) is 5.62. The Labute approximate surface area is 196 Å². The molecule has 1 aromatic heterocycles. The molecule has 0 unspecified atom stereocenters. The first-order valence-corrected chi connectivity index (χ1v) is 10.9. The molecule has 168 valence electrons. The number of pyridine rings is 1. The summed E-state index contributed by atoms with van der Waals surface area (Å²) in [5.74, 6) is 0.661. The molecule has 0 saturated carbocycles. The second-order valence-corrected chi connectivity index (χ2v) is 8.29. The number of hydrogen-bond acceptors (Lipinski definition) is 3. The van der Waals surface area contributed by atoms with Crippen molar-refractivity contribution in [1.82, 2.24) is 9.88 Å². The van der Waals surface area contributed by atoms with Crippen LogP contribution in [0.25, 0.3) is 10.9 Å². The van der Waals surface area contributed by atoms with E-state index in [9.17, 15) is 9.59 Å². The van der Waals surface area contributed by atoms with Gasteiger partial charge in [0.2, 0.25) is 0 Å². The molecule has 4 rings (SSSR count). The molecule has 0 aliphatic carbocycles. The highest BCUT2D eigenvalue weighted by Gasteiger charge is 2.17. The lowest BCUT2D eigenvalue weighted by Crippen LogP contribution is -2.35. The standard InChI is InChI=1S/C26H24ClN3O3/c1-17-3-5-18(6-4-17)15-30(26(32)28-22-10-8-21(27)9-11-22)16-20-13-19-7-12-23(33-2)14-24(19)29-25(20)31/h3-14H,15-16H2,1-2H3,(H,28,32)(H,29,31). The Hall–Kier alpha value is -3.77. The normalized spacial score (nSPS) is 10.8. The molecule has 2 N–H and O–H groups in total. The van der Waals surface area contributed by atoms with E-state index < -0.39 is 0 Å². The molecule has 33 heavy (non-hydrogen) atoms. The van der Waals surface area contributed by atoms with Crippen molar-refractivity contribution < 1.29 is 9.53 Å². The maximum atomic E-state index is 13.2. The molecule has 0 radical (unpaired) electrons. The number of urea groups is 1. The Balaban J connectivity index is 1.64. The average molecular weight is 462 g/mol. The molecule has 0 fully saturated rings. The molecule has 0 aliphatic heterocycles. The molecule has 1 heterocycles. The molecule has 7 heteroatoms. The number of aryl methyl sites for hydroxylation is 1. The summed E-state index contributed by atoms with van der Waals surface area (Å²) in [5.41, 5.74) is 3.65. The van der Waals surface area contributed by atoms with E-state index in [1.54, 1.807) is 42.3 Å². The fourth-order valence-electron chi connectivity index (χ4n) is 3.52. The van der Waals surface area contributed by atoms with Gasteiger partial charge < -0.3 is 19.9 Å². The van der Waals surface area contributed by atoms with E-state index in [-0.39, 0.29) is 18.1 Å². The third-order valence-electron chi connectivity index (χ3n) is 5.37. The first kappa shape index (κ1) is 22.4. The summed E-state index contributed by atoms with van der Waals surface area (Å²) in [7, 11) is 1.58. The number of benzene rings is 3. The fraction of sp³-hybridized carbons (Fsp3) is 0.154. The number of hydrogen-bond donors (Lipinski definition) is 2. The second-order valence-electron chi connectivity index (χ2n) is 7.86. The average Bonchev–Trinajstić information content (AvgIpc) is 2.81. The summed E-state index contributed by atoms with van der Waals surface area (Å²) >= 11 is 5.95. The summed E-state index contributed by atoms with van der Waals surface area (Å²) < 4.78 is 5.24. The Morgan fingerprint density at radius 2 is 1.73 bits per heavy atom. The van der Waals surface area contributed by atoms with Crippen molar-refractivity contribution in [3.63, 3.8) is 0 Å². The predicted octanol–water partition coefficient (Wildman–Crippen LogP) is 5.73. The smallest absolute Gasteiger partial charge is 0.322 e. The first-order valence-electron chi connectivity index (χ1n) is 10.5. The van der Waals surface area contributed by atoms with Crippen molar-refractivity contribution in [2.45, 2.75) is 20.0 Å². The van der Waals surface area contributed by atoms with Gasteiger partial charge >= 0.3 is 6.03 Å². The number of nitrogens with one attached hydrogen (secondary N) is 2. The zero-order chi connectivity index (χ0) is 23.4. The first-order chi connectivity index (χ1) is 15.9. The SMILES string of the molecule is COc1ccc2cc(CN(Cc3ccc(C)cc3)C(=O)Nc3ccc(Cl)cc3)c(=O)[nH]c2c1. The maximum absolute atomic E-state index is 13.2. The number of aromatic nitrogens is 1. The molecule has 2 amide bonds. The number of fused-ring (bicyclic) bond motifs is 1. The van der Waals surface area contributed by atoms with Crippen molar-refractivity contribution in [1.29, 1.82) is 0 Å². The highest BCUT2D eigenvalue weighted by atomic mass is 35.5. The number of H-pyrrole nitrogens is 1. The minimum absolute atomic E-state index is 0.143. The van der Waals surface area contributed by atoms with Crippen LogP contribution in [0.2, 0.25) is 5.02 Å². The van der Waals surface area contributed by atoms with Crippen LogP contribution in [0.5, 0.6) is 5.75 Å². The van der Waals surface area contributed by atoms with Gasteiger partial charge in [0.1, 0.15) is 5.75 Å². The summed E-state index contributed by atoms with van der Waals surface area (Å²) in [5, 5.41) is 4.34. The van der Waals surface area contributed by atoms with Crippen molar-refractivity contribution in [2.24, 2.45) is 0 Å². The van der Waals surface area contributed by atoms with E-state index in [2.05, 4.69) is 10.3 Å². The topological polar surface area (TPSA) is 74.4 Å². The lowest BCUT2D eigenvalue weighted by atomic mass is 10.1. The minimum atomic E-state index is -0.313. The van der Waals surface area contributed by atoms with Gasteiger partial charge in [-0.1, -0.05) is 41.4 Å². The Kier molecular flexibility index (Phi) is 6.66. The number of methoxy groups -OCH3 is 1. The molecule has 6 nitrogen and oxygen atoms in total. The second kappa shape index (κ2) is 9.79. The zero-order valence-corrected chi connectivity index (χ0v) is 19.1. The Bertz CT molecular complexity index is 1330. The van der Waals surface area contributed by atoms with Crippen LogP contribution in [0.15, 0.2) is 77.6 Å². The van der Waals surface area contributed by atoms with Crippen LogP contribution in [-0.2, 0) is 13.1 Å². The van der Waals surface area contributed by atoms with E-state index in [4.69, 9.17) is 16.3 Å². The van der Waals surface area contributed by atoms with Crippen LogP contribution in [0.1, 0.15) is 16.7 Å². The predicted molar refractivity (Wildman–Crippen MR) is 132 cm³/mol. The number of anilines is 1. The zero-order valence-electron chi connectivity index (χ0n) is 18.4. The fourth-order valence-corrected chi connectivity index (χ4v) is 3.65.